The number of carbonyl (C=O) groups is 2. The van der Waals surface area contributed by atoms with Gasteiger partial charge in [-0.1, -0.05) is 70.2 Å². The van der Waals surface area contributed by atoms with E-state index in [1.165, 1.54) is 18.6 Å². The summed E-state index contributed by atoms with van der Waals surface area (Å²) >= 11 is 0. The number of benzene rings is 1. The van der Waals surface area contributed by atoms with E-state index in [2.05, 4.69) is 41.7 Å². The van der Waals surface area contributed by atoms with Crippen molar-refractivity contribution in [2.45, 2.75) is 70.9 Å². The quantitative estimate of drug-likeness (QED) is 0.332. The molecule has 0 fully saturated rings. The van der Waals surface area contributed by atoms with Crippen molar-refractivity contribution < 1.29 is 14.7 Å². The van der Waals surface area contributed by atoms with Crippen LogP contribution in [-0.2, 0) is 11.2 Å². The molecule has 8 heteroatoms. The van der Waals surface area contributed by atoms with E-state index in [9.17, 15) is 14.7 Å². The largest absolute Gasteiger partial charge is 0.389 e. The topological polar surface area (TPSA) is 104 Å². The highest BCUT2D eigenvalue weighted by molar-refractivity contribution is 6.43. The van der Waals surface area contributed by atoms with Crippen molar-refractivity contribution >= 4 is 19.1 Å². The molecule has 0 aliphatic rings. The van der Waals surface area contributed by atoms with Crippen molar-refractivity contribution in [1.29, 1.82) is 0 Å². The van der Waals surface area contributed by atoms with Gasteiger partial charge < -0.3 is 15.7 Å². The van der Waals surface area contributed by atoms with Crippen molar-refractivity contribution in [3.05, 3.63) is 72.3 Å². The fraction of sp³-hybridized carbons (Fsp3) is 0.462. The molecule has 0 aliphatic carbocycles. The number of hydrogen-bond acceptors (Lipinski definition) is 5. The smallest absolute Gasteiger partial charge is 0.272 e. The van der Waals surface area contributed by atoms with Crippen molar-refractivity contribution in [3.8, 4) is 0 Å². The monoisotopic (exact) mass is 463 g/mol. The summed E-state index contributed by atoms with van der Waals surface area (Å²) in [5.41, 5.74) is 1.09. The second-order valence-corrected chi connectivity index (χ2v) is 9.64. The molecule has 0 saturated carbocycles. The predicted octanol–water partition coefficient (Wildman–Crippen LogP) is 3.15. The normalized spacial score (nSPS) is 14.4. The Morgan fingerprint density at radius 1 is 1.12 bits per heavy atom. The Bertz CT molecular complexity index is 934. The lowest BCUT2D eigenvalue weighted by atomic mass is 9.48. The number of carbonyl (C=O) groups excluding carboxylic acids is 2. The molecule has 1 heterocycles. The molecule has 1 radical (unpaired) electrons. The first-order valence-electron chi connectivity index (χ1n) is 11.7. The summed E-state index contributed by atoms with van der Waals surface area (Å²) in [7, 11) is 2.08. The Morgan fingerprint density at radius 3 is 2.41 bits per heavy atom. The summed E-state index contributed by atoms with van der Waals surface area (Å²) in [5.74, 6) is -0.584. The number of nitrogens with one attached hydrogen (secondary N) is 2. The van der Waals surface area contributed by atoms with Gasteiger partial charge in [0, 0.05) is 18.8 Å². The second kappa shape index (κ2) is 13.0. The number of aliphatic hydroxyl groups is 1. The fourth-order valence-electron chi connectivity index (χ4n) is 3.63. The first kappa shape index (κ1) is 27.3. The number of hydrogen-bond donors (Lipinski definition) is 3. The van der Waals surface area contributed by atoms with Gasteiger partial charge in [-0.3, -0.25) is 14.6 Å². The highest BCUT2D eigenvalue weighted by Gasteiger charge is 2.29. The lowest BCUT2D eigenvalue weighted by molar-refractivity contribution is -0.123. The molecule has 2 rings (SSSR count). The van der Waals surface area contributed by atoms with E-state index in [1.807, 2.05) is 50.3 Å². The van der Waals surface area contributed by atoms with Crippen LogP contribution in [-0.4, -0.2) is 52.3 Å². The highest BCUT2D eigenvalue weighted by Crippen LogP contribution is 2.27. The zero-order valence-electron chi connectivity index (χ0n) is 20.7. The molecule has 34 heavy (non-hydrogen) atoms. The van der Waals surface area contributed by atoms with Gasteiger partial charge in [-0.2, -0.15) is 0 Å². The second-order valence-electron chi connectivity index (χ2n) is 9.64. The summed E-state index contributed by atoms with van der Waals surface area (Å²) in [5, 5.41) is 15.2. The van der Waals surface area contributed by atoms with Crippen LogP contribution in [0.1, 0.15) is 57.1 Å². The lowest BCUT2D eigenvalue weighted by Gasteiger charge is -2.30. The standard InChI is InChI=1S/C26H36BN4O3/c1-18(2)15-23(27-26(4,5)12-11-19(3)32)31-24(33)21(16-20-9-7-6-8-10-20)30-25(34)22-17-28-13-14-29-22/h6-14,17-19,21,23,32H,15-16H2,1-5H3,(H,30,34)(H,31,33)/t19?,21-,23-/m0/s1. The molecule has 3 atom stereocenters. The first-order valence-corrected chi connectivity index (χ1v) is 11.7. The molecule has 0 saturated heterocycles. The van der Waals surface area contributed by atoms with Gasteiger partial charge in [0.15, 0.2) is 7.28 Å². The van der Waals surface area contributed by atoms with E-state index in [-0.39, 0.29) is 22.9 Å². The number of rotatable bonds is 12. The zero-order chi connectivity index (χ0) is 25.1. The van der Waals surface area contributed by atoms with E-state index >= 15 is 0 Å². The minimum absolute atomic E-state index is 0.156. The van der Waals surface area contributed by atoms with Crippen LogP contribution in [0.15, 0.2) is 61.1 Å². The molecule has 3 N–H and O–H groups in total. The van der Waals surface area contributed by atoms with Crippen LogP contribution < -0.4 is 10.6 Å². The Kier molecular flexibility index (Phi) is 10.4. The van der Waals surface area contributed by atoms with Gasteiger partial charge in [0.1, 0.15) is 11.7 Å². The van der Waals surface area contributed by atoms with E-state index in [1.54, 1.807) is 13.0 Å². The number of allylic oxidation sites excluding steroid dienone is 1. The van der Waals surface area contributed by atoms with Crippen molar-refractivity contribution in [2.24, 2.45) is 5.92 Å². The Morgan fingerprint density at radius 2 is 1.82 bits per heavy atom. The number of aromatic nitrogens is 2. The molecule has 2 amide bonds. The summed E-state index contributed by atoms with van der Waals surface area (Å²) in [6, 6.07) is 8.79. The molecule has 0 aliphatic heterocycles. The van der Waals surface area contributed by atoms with Crippen molar-refractivity contribution in [1.82, 2.24) is 20.6 Å². The third kappa shape index (κ3) is 9.87. The van der Waals surface area contributed by atoms with Crippen LogP contribution in [0.2, 0.25) is 5.31 Å². The zero-order valence-corrected chi connectivity index (χ0v) is 20.7. The van der Waals surface area contributed by atoms with Gasteiger partial charge in [-0.05, 0) is 36.1 Å². The Hall–Kier alpha value is -3.00. The maximum atomic E-state index is 13.4. The van der Waals surface area contributed by atoms with Crippen LogP contribution in [0.5, 0.6) is 0 Å². The molecule has 181 valence electrons. The molecular weight excluding hydrogens is 427 g/mol. The van der Waals surface area contributed by atoms with Gasteiger partial charge in [0.05, 0.1) is 12.3 Å². The average molecular weight is 463 g/mol. The van der Waals surface area contributed by atoms with Gasteiger partial charge in [-0.25, -0.2) is 4.98 Å². The Balaban J connectivity index is 2.21. The SMILES string of the molecule is CC(O)C=CC(C)(C)[B][C@H](CC(C)C)NC(=O)[C@H](Cc1ccccc1)NC(=O)c1cnccn1. The van der Waals surface area contributed by atoms with E-state index in [4.69, 9.17) is 0 Å². The maximum absolute atomic E-state index is 13.4. The fourth-order valence-corrected chi connectivity index (χ4v) is 3.63. The van der Waals surface area contributed by atoms with Crippen LogP contribution in [0.3, 0.4) is 0 Å². The van der Waals surface area contributed by atoms with E-state index in [0.29, 0.717) is 12.3 Å². The van der Waals surface area contributed by atoms with Crippen LogP contribution in [0, 0.1) is 5.92 Å². The first-order chi connectivity index (χ1) is 16.1. The highest BCUT2D eigenvalue weighted by atomic mass is 16.3. The molecular formula is C26H36BN4O3. The third-order valence-electron chi connectivity index (χ3n) is 5.19. The predicted molar refractivity (Wildman–Crippen MR) is 135 cm³/mol. The lowest BCUT2D eigenvalue weighted by Crippen LogP contribution is -2.53. The van der Waals surface area contributed by atoms with Gasteiger partial charge in [0.25, 0.3) is 5.91 Å². The van der Waals surface area contributed by atoms with E-state index in [0.717, 1.165) is 12.0 Å². The number of amides is 2. The molecule has 1 unspecified atom stereocenters. The third-order valence-corrected chi connectivity index (χ3v) is 5.19. The maximum Gasteiger partial charge on any atom is 0.272 e. The molecule has 0 bridgehead atoms. The van der Waals surface area contributed by atoms with Gasteiger partial charge in [-0.15, -0.1) is 0 Å². The van der Waals surface area contributed by atoms with E-state index < -0.39 is 18.1 Å². The summed E-state index contributed by atoms with van der Waals surface area (Å²) < 4.78 is 0. The molecule has 0 spiro atoms. The summed E-state index contributed by atoms with van der Waals surface area (Å²) in [6.07, 6.45) is 8.53. The summed E-state index contributed by atoms with van der Waals surface area (Å²) in [4.78, 5) is 34.2. The molecule has 1 aromatic heterocycles. The summed E-state index contributed by atoms with van der Waals surface area (Å²) in [6.45, 7) is 9.96. The van der Waals surface area contributed by atoms with Crippen molar-refractivity contribution in [3.63, 3.8) is 0 Å². The van der Waals surface area contributed by atoms with Crippen molar-refractivity contribution in [2.75, 3.05) is 0 Å². The molecule has 7 nitrogen and oxygen atoms in total. The number of aliphatic hydroxyl groups excluding tert-OH is 1. The molecule has 2 aromatic rings. The average Bonchev–Trinajstić information content (AvgIpc) is 2.78. The molecule has 1 aromatic carbocycles. The van der Waals surface area contributed by atoms with Gasteiger partial charge >= 0.3 is 0 Å². The minimum atomic E-state index is -0.781. The minimum Gasteiger partial charge on any atom is -0.389 e. The Labute approximate surface area is 203 Å². The van der Waals surface area contributed by atoms with Crippen LogP contribution >= 0.6 is 0 Å². The number of nitrogens with zero attached hydrogens (tertiary/aromatic N) is 2. The van der Waals surface area contributed by atoms with Gasteiger partial charge in [0.2, 0.25) is 5.91 Å². The van der Waals surface area contributed by atoms with Crippen LogP contribution in [0.4, 0.5) is 0 Å². The van der Waals surface area contributed by atoms with Crippen LogP contribution in [0.25, 0.3) is 0 Å².